The van der Waals surface area contributed by atoms with Gasteiger partial charge in [-0.05, 0) is 47.4 Å². The Morgan fingerprint density at radius 1 is 1.10 bits per heavy atom. The van der Waals surface area contributed by atoms with E-state index < -0.39 is 0 Å². The highest BCUT2D eigenvalue weighted by Gasteiger charge is 2.10. The van der Waals surface area contributed by atoms with Gasteiger partial charge >= 0.3 is 0 Å². The summed E-state index contributed by atoms with van der Waals surface area (Å²) in [4.78, 5) is 1.28. The van der Waals surface area contributed by atoms with E-state index in [1.165, 1.54) is 27.3 Å². The molecule has 0 spiro atoms. The van der Waals surface area contributed by atoms with Crippen molar-refractivity contribution in [1.29, 1.82) is 0 Å². The van der Waals surface area contributed by atoms with Crippen LogP contribution in [0.5, 0.6) is 0 Å². The minimum atomic E-state index is 0.869. The Balaban J connectivity index is 2.13. The number of rotatable bonds is 6. The van der Waals surface area contributed by atoms with E-state index in [2.05, 4.69) is 62.3 Å². The maximum Gasteiger partial charge on any atom is 0.0560 e. The molecule has 106 valence electrons. The summed E-state index contributed by atoms with van der Waals surface area (Å²) in [6, 6.07) is 8.85. The Labute approximate surface area is 126 Å². The Morgan fingerprint density at radius 2 is 1.75 bits per heavy atom. The summed E-state index contributed by atoms with van der Waals surface area (Å²) in [6.07, 6.45) is 2.15. The van der Waals surface area contributed by atoms with Crippen molar-refractivity contribution in [2.24, 2.45) is 0 Å². The molecule has 0 bridgehead atoms. The number of thiophene rings is 1. The van der Waals surface area contributed by atoms with E-state index in [0.29, 0.717) is 0 Å². The van der Waals surface area contributed by atoms with Crippen LogP contribution in [0.1, 0.15) is 42.3 Å². The average Bonchev–Trinajstić information content (AvgIpc) is 2.88. The molecule has 20 heavy (non-hydrogen) atoms. The van der Waals surface area contributed by atoms with Crippen LogP contribution in [0.3, 0.4) is 0 Å². The van der Waals surface area contributed by atoms with Gasteiger partial charge in [0.25, 0.3) is 0 Å². The van der Waals surface area contributed by atoms with E-state index >= 15 is 0 Å². The van der Waals surface area contributed by atoms with Crippen LogP contribution in [-0.4, -0.2) is 0 Å². The first-order chi connectivity index (χ1) is 9.65. The lowest BCUT2D eigenvalue weighted by Gasteiger charge is -2.11. The fraction of sp³-hybridized carbons (Fsp3) is 0.333. The molecule has 1 aromatic carbocycles. The molecule has 0 fully saturated rings. The predicted molar refractivity (Wildman–Crippen MR) is 91.6 cm³/mol. The van der Waals surface area contributed by atoms with E-state index in [1.54, 1.807) is 11.3 Å². The van der Waals surface area contributed by atoms with Crippen molar-refractivity contribution in [3.05, 3.63) is 57.8 Å². The monoisotopic (exact) mass is 285 g/mol. The number of allylic oxidation sites excluding steroid dienone is 1. The second-order valence-electron chi connectivity index (χ2n) is 5.12. The largest absolute Gasteiger partial charge is 0.380 e. The molecule has 1 N–H and O–H groups in total. The Morgan fingerprint density at radius 3 is 2.30 bits per heavy atom. The van der Waals surface area contributed by atoms with Crippen LogP contribution in [0, 0.1) is 0 Å². The summed E-state index contributed by atoms with van der Waals surface area (Å²) < 4.78 is 0. The van der Waals surface area contributed by atoms with E-state index in [-0.39, 0.29) is 0 Å². The first-order valence-corrected chi connectivity index (χ1v) is 8.11. The van der Waals surface area contributed by atoms with E-state index in [1.807, 2.05) is 0 Å². The molecule has 2 heteroatoms. The van der Waals surface area contributed by atoms with E-state index in [0.717, 1.165) is 25.0 Å². The van der Waals surface area contributed by atoms with Crippen LogP contribution in [0.25, 0.3) is 5.57 Å². The Bertz CT molecular complexity index is 578. The lowest BCUT2D eigenvalue weighted by atomic mass is 10.1. The van der Waals surface area contributed by atoms with Crippen molar-refractivity contribution in [3.63, 3.8) is 0 Å². The van der Waals surface area contributed by atoms with E-state index in [9.17, 15) is 0 Å². The minimum absolute atomic E-state index is 0.869. The van der Waals surface area contributed by atoms with Crippen LogP contribution < -0.4 is 5.32 Å². The Hall–Kier alpha value is -1.54. The summed E-state index contributed by atoms with van der Waals surface area (Å²) in [7, 11) is 0. The Kier molecular flexibility index (Phi) is 5.02. The van der Waals surface area contributed by atoms with Crippen molar-refractivity contribution in [3.8, 4) is 0 Å². The lowest BCUT2D eigenvalue weighted by molar-refractivity contribution is 1.09. The average molecular weight is 285 g/mol. The molecule has 0 amide bonds. The van der Waals surface area contributed by atoms with Gasteiger partial charge in [0.05, 0.1) is 10.6 Å². The van der Waals surface area contributed by atoms with Crippen LogP contribution in [0.15, 0.2) is 36.2 Å². The third-order valence-electron chi connectivity index (χ3n) is 3.54. The molecule has 0 atom stereocenters. The fourth-order valence-electron chi connectivity index (χ4n) is 2.24. The molecule has 0 unspecified atom stereocenters. The zero-order valence-electron chi connectivity index (χ0n) is 12.6. The maximum atomic E-state index is 4.08. The van der Waals surface area contributed by atoms with Crippen molar-refractivity contribution < 1.29 is 0 Å². The van der Waals surface area contributed by atoms with Crippen molar-refractivity contribution in [2.45, 2.75) is 40.2 Å². The second kappa shape index (κ2) is 6.76. The topological polar surface area (TPSA) is 12.0 Å². The zero-order valence-corrected chi connectivity index (χ0v) is 13.4. The normalized spacial score (nSPS) is 10.6. The number of hydrogen-bond donors (Lipinski definition) is 1. The summed E-state index contributed by atoms with van der Waals surface area (Å²) in [5.74, 6) is 0. The predicted octanol–water partition coefficient (Wildman–Crippen LogP) is 5.52. The number of benzene rings is 1. The summed E-state index contributed by atoms with van der Waals surface area (Å²) in [6.45, 7) is 11.4. The molecule has 1 heterocycles. The molecule has 1 nitrogen and oxygen atoms in total. The molecule has 0 radical (unpaired) electrons. The van der Waals surface area contributed by atoms with Crippen molar-refractivity contribution >= 4 is 22.6 Å². The quantitative estimate of drug-likeness (QED) is 0.737. The van der Waals surface area contributed by atoms with E-state index in [4.69, 9.17) is 0 Å². The molecular formula is C18H23NS. The van der Waals surface area contributed by atoms with Crippen LogP contribution >= 0.6 is 11.3 Å². The molecule has 0 aliphatic rings. The molecule has 2 rings (SSSR count). The first-order valence-electron chi connectivity index (χ1n) is 7.23. The summed E-state index contributed by atoms with van der Waals surface area (Å²) in [5, 5.41) is 5.84. The van der Waals surface area contributed by atoms with Crippen molar-refractivity contribution in [2.75, 3.05) is 5.32 Å². The molecule has 1 aromatic heterocycles. The van der Waals surface area contributed by atoms with Gasteiger partial charge in [-0.1, -0.05) is 44.7 Å². The number of hydrogen-bond acceptors (Lipinski definition) is 2. The van der Waals surface area contributed by atoms with Gasteiger partial charge in [-0.2, -0.15) is 0 Å². The molecule has 0 saturated heterocycles. The highest BCUT2D eigenvalue weighted by atomic mass is 32.1. The fourth-order valence-corrected chi connectivity index (χ4v) is 3.31. The van der Waals surface area contributed by atoms with Gasteiger partial charge in [0.1, 0.15) is 0 Å². The first kappa shape index (κ1) is 14.9. The van der Waals surface area contributed by atoms with Gasteiger partial charge in [-0.25, -0.2) is 0 Å². The number of aryl methyl sites for hydroxylation is 2. The zero-order chi connectivity index (χ0) is 14.5. The molecule has 0 aliphatic carbocycles. The smallest absolute Gasteiger partial charge is 0.0560 e. The minimum Gasteiger partial charge on any atom is -0.380 e. The second-order valence-corrected chi connectivity index (χ2v) is 6.00. The van der Waals surface area contributed by atoms with Gasteiger partial charge < -0.3 is 5.32 Å². The van der Waals surface area contributed by atoms with Gasteiger partial charge in [0.15, 0.2) is 0 Å². The van der Waals surface area contributed by atoms with Gasteiger partial charge in [-0.15, -0.1) is 11.3 Å². The highest BCUT2D eigenvalue weighted by molar-refractivity contribution is 7.11. The lowest BCUT2D eigenvalue weighted by Crippen LogP contribution is -2.02. The maximum absolute atomic E-state index is 4.08. The molecule has 2 aromatic rings. The van der Waals surface area contributed by atoms with Crippen LogP contribution in [0.4, 0.5) is 5.69 Å². The molecule has 0 aliphatic heterocycles. The molecular weight excluding hydrogens is 262 g/mol. The summed E-state index contributed by atoms with van der Waals surface area (Å²) in [5.41, 5.74) is 6.51. The highest BCUT2D eigenvalue weighted by Crippen LogP contribution is 2.33. The SMILES string of the molecule is C=C(C)c1scc(CC)c1NCc1ccc(CC)cc1. The standard InChI is InChI=1S/C18H23NS/c1-5-14-7-9-15(10-8-14)11-19-17-16(6-2)12-20-18(17)13(3)4/h7-10,12,19H,3,5-6,11H2,1-2,4H3. The van der Waals surface area contributed by atoms with Crippen LogP contribution in [0.2, 0.25) is 0 Å². The van der Waals surface area contributed by atoms with Crippen LogP contribution in [-0.2, 0) is 19.4 Å². The third kappa shape index (κ3) is 3.31. The van der Waals surface area contributed by atoms with Crippen molar-refractivity contribution in [1.82, 2.24) is 0 Å². The molecule has 0 saturated carbocycles. The number of nitrogens with one attached hydrogen (secondary N) is 1. The van der Waals surface area contributed by atoms with Gasteiger partial charge in [-0.3, -0.25) is 0 Å². The summed E-state index contributed by atoms with van der Waals surface area (Å²) >= 11 is 1.79. The number of anilines is 1. The van der Waals surface area contributed by atoms with Gasteiger partial charge in [0.2, 0.25) is 0 Å². The third-order valence-corrected chi connectivity index (χ3v) is 4.73. The van der Waals surface area contributed by atoms with Gasteiger partial charge in [0, 0.05) is 6.54 Å².